The SMILES string of the molecule is CC1(C)NC(=O)N(CCCC(=O)NCC(=O)O)C1=O. The largest absolute Gasteiger partial charge is 0.480 e. The molecule has 1 aliphatic rings. The number of aliphatic carboxylic acids is 1. The van der Waals surface area contributed by atoms with Crippen LogP contribution in [-0.4, -0.2) is 52.4 Å². The number of hydrogen-bond acceptors (Lipinski definition) is 4. The number of carboxylic acid groups (broad SMARTS) is 1. The van der Waals surface area contributed by atoms with Gasteiger partial charge in [0.25, 0.3) is 5.91 Å². The Balaban J connectivity index is 2.34. The highest BCUT2D eigenvalue weighted by molar-refractivity contribution is 6.06. The van der Waals surface area contributed by atoms with Gasteiger partial charge in [0.05, 0.1) is 0 Å². The monoisotopic (exact) mass is 271 g/mol. The van der Waals surface area contributed by atoms with Gasteiger partial charge in [-0.2, -0.15) is 0 Å². The maximum atomic E-state index is 11.8. The number of nitrogens with zero attached hydrogens (tertiary/aromatic N) is 1. The average Bonchev–Trinajstić information content (AvgIpc) is 2.48. The molecule has 0 saturated carbocycles. The van der Waals surface area contributed by atoms with Gasteiger partial charge in [-0.25, -0.2) is 4.79 Å². The molecule has 0 radical (unpaired) electrons. The number of amides is 4. The van der Waals surface area contributed by atoms with Crippen molar-refractivity contribution in [3.05, 3.63) is 0 Å². The van der Waals surface area contributed by atoms with Crippen LogP contribution in [0.25, 0.3) is 0 Å². The zero-order valence-corrected chi connectivity index (χ0v) is 10.9. The van der Waals surface area contributed by atoms with Gasteiger partial charge in [-0.3, -0.25) is 19.3 Å². The summed E-state index contributed by atoms with van der Waals surface area (Å²) in [6.45, 7) is 2.91. The molecule has 0 aromatic heterocycles. The fourth-order valence-corrected chi connectivity index (χ4v) is 1.68. The van der Waals surface area contributed by atoms with Gasteiger partial charge in [-0.05, 0) is 20.3 Å². The summed E-state index contributed by atoms with van der Waals surface area (Å²) in [5.41, 5.74) is -0.914. The number of imide groups is 1. The molecule has 1 heterocycles. The summed E-state index contributed by atoms with van der Waals surface area (Å²) in [6.07, 6.45) is 0.353. The highest BCUT2D eigenvalue weighted by Gasteiger charge is 2.43. The molecule has 3 N–H and O–H groups in total. The molecular weight excluding hydrogens is 254 g/mol. The van der Waals surface area contributed by atoms with Gasteiger partial charge >= 0.3 is 12.0 Å². The van der Waals surface area contributed by atoms with E-state index in [2.05, 4.69) is 10.6 Å². The first-order valence-electron chi connectivity index (χ1n) is 5.86. The van der Waals surface area contributed by atoms with Crippen LogP contribution < -0.4 is 10.6 Å². The first-order chi connectivity index (χ1) is 8.74. The molecule has 0 bridgehead atoms. The number of urea groups is 1. The Kier molecular flexibility index (Phi) is 4.47. The smallest absolute Gasteiger partial charge is 0.325 e. The fraction of sp³-hybridized carbons (Fsp3) is 0.636. The Morgan fingerprint density at radius 1 is 1.37 bits per heavy atom. The van der Waals surface area contributed by atoms with E-state index in [4.69, 9.17) is 5.11 Å². The number of rotatable bonds is 6. The number of carboxylic acids is 1. The minimum Gasteiger partial charge on any atom is -0.480 e. The van der Waals surface area contributed by atoms with Gasteiger partial charge in [0, 0.05) is 13.0 Å². The minimum atomic E-state index is -1.12. The van der Waals surface area contributed by atoms with Crippen molar-refractivity contribution in [2.75, 3.05) is 13.1 Å². The Labute approximate surface area is 110 Å². The van der Waals surface area contributed by atoms with Gasteiger partial charge in [-0.15, -0.1) is 0 Å². The van der Waals surface area contributed by atoms with E-state index in [0.717, 1.165) is 4.90 Å². The van der Waals surface area contributed by atoms with Crippen LogP contribution in [0.15, 0.2) is 0 Å². The molecule has 0 aliphatic carbocycles. The lowest BCUT2D eigenvalue weighted by atomic mass is 10.1. The molecule has 19 heavy (non-hydrogen) atoms. The van der Waals surface area contributed by atoms with Gasteiger partial charge < -0.3 is 15.7 Å². The molecule has 0 spiro atoms. The van der Waals surface area contributed by atoms with Crippen molar-refractivity contribution >= 4 is 23.8 Å². The summed E-state index contributed by atoms with van der Waals surface area (Å²) in [5.74, 6) is -1.87. The second kappa shape index (κ2) is 5.68. The van der Waals surface area contributed by atoms with E-state index in [1.165, 1.54) is 0 Å². The van der Waals surface area contributed by atoms with Crippen LogP contribution in [0.1, 0.15) is 26.7 Å². The molecule has 106 valence electrons. The van der Waals surface area contributed by atoms with Crippen molar-refractivity contribution in [2.24, 2.45) is 0 Å². The van der Waals surface area contributed by atoms with E-state index < -0.39 is 30.0 Å². The van der Waals surface area contributed by atoms with Gasteiger partial charge in [0.1, 0.15) is 12.1 Å². The zero-order valence-electron chi connectivity index (χ0n) is 10.9. The molecule has 1 aliphatic heterocycles. The van der Waals surface area contributed by atoms with Crippen molar-refractivity contribution in [3.8, 4) is 0 Å². The minimum absolute atomic E-state index is 0.0603. The van der Waals surface area contributed by atoms with E-state index >= 15 is 0 Å². The van der Waals surface area contributed by atoms with Gasteiger partial charge in [-0.1, -0.05) is 0 Å². The predicted octanol–water partition coefficient (Wildman–Crippen LogP) is -0.702. The molecular formula is C11H17N3O5. The second-order valence-electron chi connectivity index (χ2n) is 4.79. The molecule has 1 fully saturated rings. The van der Waals surface area contributed by atoms with Crippen molar-refractivity contribution in [1.29, 1.82) is 0 Å². The standard InChI is InChI=1S/C11H17N3O5/c1-11(2)9(18)14(10(19)13-11)5-3-4-7(15)12-6-8(16)17/h3-6H2,1-2H3,(H,12,15)(H,13,19)(H,16,17). The first kappa shape index (κ1) is 14.9. The van der Waals surface area contributed by atoms with Crippen LogP contribution in [0.4, 0.5) is 4.79 Å². The normalized spacial score (nSPS) is 17.3. The lowest BCUT2D eigenvalue weighted by Gasteiger charge is -2.15. The Morgan fingerprint density at radius 2 is 2.00 bits per heavy atom. The third-order valence-corrected chi connectivity index (χ3v) is 2.67. The second-order valence-corrected chi connectivity index (χ2v) is 4.79. The summed E-state index contributed by atoms with van der Waals surface area (Å²) < 4.78 is 0. The van der Waals surface area contributed by atoms with Crippen LogP contribution in [-0.2, 0) is 14.4 Å². The molecule has 0 aromatic rings. The average molecular weight is 271 g/mol. The summed E-state index contributed by atoms with van der Waals surface area (Å²) in [6, 6.07) is -0.471. The van der Waals surface area contributed by atoms with Crippen LogP contribution in [0.5, 0.6) is 0 Å². The number of nitrogens with one attached hydrogen (secondary N) is 2. The third kappa shape index (κ3) is 3.94. The summed E-state index contributed by atoms with van der Waals surface area (Å²) in [4.78, 5) is 45.8. The number of carbonyl (C=O) groups is 4. The van der Waals surface area contributed by atoms with E-state index in [1.54, 1.807) is 13.8 Å². The quantitative estimate of drug-likeness (QED) is 0.552. The van der Waals surface area contributed by atoms with Crippen molar-refractivity contribution in [2.45, 2.75) is 32.2 Å². The predicted molar refractivity (Wildman–Crippen MR) is 64.2 cm³/mol. The Hall–Kier alpha value is -2.12. The topological polar surface area (TPSA) is 116 Å². The maximum absolute atomic E-state index is 11.8. The third-order valence-electron chi connectivity index (χ3n) is 2.67. The van der Waals surface area contributed by atoms with E-state index in [-0.39, 0.29) is 18.9 Å². The highest BCUT2D eigenvalue weighted by Crippen LogP contribution is 2.16. The molecule has 0 atom stereocenters. The van der Waals surface area contributed by atoms with Crippen LogP contribution in [0.2, 0.25) is 0 Å². The highest BCUT2D eigenvalue weighted by atomic mass is 16.4. The van der Waals surface area contributed by atoms with Crippen molar-refractivity contribution in [3.63, 3.8) is 0 Å². The molecule has 4 amide bonds. The first-order valence-corrected chi connectivity index (χ1v) is 5.86. The van der Waals surface area contributed by atoms with E-state index in [0.29, 0.717) is 6.42 Å². The van der Waals surface area contributed by atoms with Gasteiger partial charge in [0.2, 0.25) is 5.91 Å². The zero-order chi connectivity index (χ0) is 14.6. The maximum Gasteiger partial charge on any atom is 0.325 e. The van der Waals surface area contributed by atoms with Crippen molar-refractivity contribution in [1.82, 2.24) is 15.5 Å². The van der Waals surface area contributed by atoms with E-state index in [1.807, 2.05) is 0 Å². The molecule has 1 saturated heterocycles. The van der Waals surface area contributed by atoms with Crippen LogP contribution >= 0.6 is 0 Å². The molecule has 0 aromatic carbocycles. The molecule has 1 rings (SSSR count). The summed E-state index contributed by atoms with van der Waals surface area (Å²) in [7, 11) is 0. The van der Waals surface area contributed by atoms with E-state index in [9.17, 15) is 19.2 Å². The summed E-state index contributed by atoms with van der Waals surface area (Å²) >= 11 is 0. The summed E-state index contributed by atoms with van der Waals surface area (Å²) in [5, 5.41) is 13.1. The number of hydrogen-bond donors (Lipinski definition) is 3. The molecule has 8 nitrogen and oxygen atoms in total. The Bertz CT molecular complexity index is 419. The van der Waals surface area contributed by atoms with Crippen molar-refractivity contribution < 1.29 is 24.3 Å². The van der Waals surface area contributed by atoms with Gasteiger partial charge in [0.15, 0.2) is 0 Å². The van der Waals surface area contributed by atoms with Crippen LogP contribution in [0, 0.1) is 0 Å². The lowest BCUT2D eigenvalue weighted by Crippen LogP contribution is -2.40. The lowest BCUT2D eigenvalue weighted by molar-refractivity contribution is -0.137. The van der Waals surface area contributed by atoms with Crippen LogP contribution in [0.3, 0.4) is 0 Å². The number of carbonyl (C=O) groups excluding carboxylic acids is 3. The Morgan fingerprint density at radius 3 is 2.47 bits per heavy atom. The molecule has 8 heteroatoms. The molecule has 0 unspecified atom stereocenters. The fourth-order valence-electron chi connectivity index (χ4n) is 1.68.